The number of esters is 1. The lowest BCUT2D eigenvalue weighted by Gasteiger charge is -1.91. The zero-order chi connectivity index (χ0) is 8.27. The molecule has 0 aliphatic heterocycles. The third-order valence-corrected chi connectivity index (χ3v) is 1.08. The molecular weight excluding hydrogens is 152 g/mol. The lowest BCUT2D eigenvalue weighted by atomic mass is 10.3. The van der Waals surface area contributed by atoms with Gasteiger partial charge >= 0.3 is 5.97 Å². The van der Waals surface area contributed by atoms with Crippen molar-refractivity contribution < 1.29 is 19.3 Å². The van der Waals surface area contributed by atoms with E-state index in [2.05, 4.69) is 19.7 Å². The predicted molar refractivity (Wildman–Crippen MR) is 31.6 cm³/mol. The molecule has 1 rings (SSSR count). The molecule has 1 aromatic heterocycles. The Kier molecular flexibility index (Phi) is 2.17. The quantitative estimate of drug-likeness (QED) is 0.575. The van der Waals surface area contributed by atoms with Crippen LogP contribution in [0.2, 0.25) is 0 Å². The molecule has 0 fully saturated rings. The Bertz CT molecular complexity index is 257. The molecule has 1 heterocycles. The van der Waals surface area contributed by atoms with Gasteiger partial charge in [-0.2, -0.15) is 0 Å². The lowest BCUT2D eigenvalue weighted by molar-refractivity contribution is 0.0585. The molecule has 0 aromatic carbocycles. The highest BCUT2D eigenvalue weighted by molar-refractivity contribution is 5.87. The number of nitrogens with zero attached hydrogens (tertiary/aromatic N) is 2. The number of aliphatic hydroxyl groups excluding tert-OH is 1. The van der Waals surface area contributed by atoms with Crippen LogP contribution in [0.1, 0.15) is 16.2 Å². The normalized spacial score (nSPS) is 9.64. The van der Waals surface area contributed by atoms with Crippen LogP contribution in [-0.2, 0) is 11.3 Å². The Morgan fingerprint density at radius 3 is 3.00 bits per heavy atom. The summed E-state index contributed by atoms with van der Waals surface area (Å²) >= 11 is 0. The zero-order valence-electron chi connectivity index (χ0n) is 5.77. The zero-order valence-corrected chi connectivity index (χ0v) is 5.77. The number of carbonyl (C=O) groups excluding carboxylic acids is 1. The second-order valence-electron chi connectivity index (χ2n) is 1.71. The van der Waals surface area contributed by atoms with Gasteiger partial charge in [0, 0.05) is 0 Å². The van der Waals surface area contributed by atoms with E-state index in [1.807, 2.05) is 0 Å². The molecule has 0 amide bonds. The number of rotatable bonds is 2. The second kappa shape index (κ2) is 3.11. The van der Waals surface area contributed by atoms with Crippen molar-refractivity contribution in [3.05, 3.63) is 11.4 Å². The van der Waals surface area contributed by atoms with Gasteiger partial charge in [-0.15, -0.1) is 0 Å². The van der Waals surface area contributed by atoms with E-state index in [1.165, 1.54) is 7.11 Å². The van der Waals surface area contributed by atoms with Gasteiger partial charge in [-0.3, -0.25) is 0 Å². The highest BCUT2D eigenvalue weighted by atomic mass is 16.6. The summed E-state index contributed by atoms with van der Waals surface area (Å²) in [6.07, 6.45) is 0. The van der Waals surface area contributed by atoms with Gasteiger partial charge in [-0.05, 0) is 5.16 Å². The summed E-state index contributed by atoms with van der Waals surface area (Å²) in [6, 6.07) is 0. The molecule has 1 N–H and O–H groups in total. The summed E-state index contributed by atoms with van der Waals surface area (Å²) in [4.78, 5) is 10.8. The fraction of sp³-hybridized carbons (Fsp3) is 0.400. The summed E-state index contributed by atoms with van der Waals surface area (Å²) in [5.41, 5.74) is -0.00755. The minimum absolute atomic E-state index is 0.0804. The Balaban J connectivity index is 2.92. The molecule has 0 radical (unpaired) electrons. The standard InChI is InChI=1S/C5H6N2O4/c1-10-5(9)4-3(2-8)6-11-7-4/h8H,2H2,1H3. The van der Waals surface area contributed by atoms with E-state index >= 15 is 0 Å². The molecule has 0 saturated heterocycles. The van der Waals surface area contributed by atoms with Crippen molar-refractivity contribution in [1.29, 1.82) is 0 Å². The van der Waals surface area contributed by atoms with Crippen molar-refractivity contribution in [1.82, 2.24) is 10.3 Å². The van der Waals surface area contributed by atoms with E-state index in [4.69, 9.17) is 5.11 Å². The number of ether oxygens (including phenoxy) is 1. The third-order valence-electron chi connectivity index (χ3n) is 1.08. The van der Waals surface area contributed by atoms with E-state index in [-0.39, 0.29) is 11.4 Å². The highest BCUT2D eigenvalue weighted by Crippen LogP contribution is 2.02. The molecular formula is C5H6N2O4. The van der Waals surface area contributed by atoms with Crippen LogP contribution in [0.5, 0.6) is 0 Å². The number of aromatic nitrogens is 2. The Morgan fingerprint density at radius 1 is 1.73 bits per heavy atom. The summed E-state index contributed by atoms with van der Waals surface area (Å²) < 4.78 is 8.52. The Labute approximate surface area is 61.7 Å². The molecule has 0 aliphatic rings. The van der Waals surface area contributed by atoms with E-state index in [1.54, 1.807) is 0 Å². The second-order valence-corrected chi connectivity index (χ2v) is 1.71. The van der Waals surface area contributed by atoms with Gasteiger partial charge in [0.05, 0.1) is 13.7 Å². The van der Waals surface area contributed by atoms with Crippen LogP contribution in [0.25, 0.3) is 0 Å². The van der Waals surface area contributed by atoms with Gasteiger partial charge in [0.15, 0.2) is 0 Å². The van der Waals surface area contributed by atoms with Crippen LogP contribution in [0, 0.1) is 0 Å². The van der Waals surface area contributed by atoms with Crippen LogP contribution >= 0.6 is 0 Å². The van der Waals surface area contributed by atoms with Gasteiger partial charge in [-0.1, -0.05) is 5.16 Å². The molecule has 0 spiro atoms. The first-order valence-electron chi connectivity index (χ1n) is 2.80. The fourth-order valence-electron chi connectivity index (χ4n) is 0.562. The minimum Gasteiger partial charge on any atom is -0.464 e. The molecule has 6 heteroatoms. The first kappa shape index (κ1) is 7.67. The molecule has 0 atom stereocenters. The maximum atomic E-state index is 10.8. The summed E-state index contributed by atoms with van der Waals surface area (Å²) in [6.45, 7) is -0.395. The number of carbonyl (C=O) groups is 1. The number of aliphatic hydroxyl groups is 1. The van der Waals surface area contributed by atoms with E-state index < -0.39 is 12.6 Å². The molecule has 0 bridgehead atoms. The molecule has 11 heavy (non-hydrogen) atoms. The van der Waals surface area contributed by atoms with Gasteiger partial charge in [0.2, 0.25) is 5.69 Å². The summed E-state index contributed by atoms with van der Waals surface area (Å²) in [5, 5.41) is 15.1. The lowest BCUT2D eigenvalue weighted by Crippen LogP contribution is -2.05. The van der Waals surface area contributed by atoms with Crippen LogP contribution in [0.3, 0.4) is 0 Å². The van der Waals surface area contributed by atoms with Crippen molar-refractivity contribution in [3.63, 3.8) is 0 Å². The SMILES string of the molecule is COC(=O)c1nonc1CO. The first-order chi connectivity index (χ1) is 5.29. The van der Waals surface area contributed by atoms with Gasteiger partial charge < -0.3 is 9.84 Å². The average molecular weight is 158 g/mol. The smallest absolute Gasteiger partial charge is 0.362 e. The van der Waals surface area contributed by atoms with Gasteiger partial charge in [0.25, 0.3) is 0 Å². The number of hydrogen-bond donors (Lipinski definition) is 1. The number of methoxy groups -OCH3 is 1. The number of hydrogen-bond acceptors (Lipinski definition) is 6. The first-order valence-corrected chi connectivity index (χ1v) is 2.80. The van der Waals surface area contributed by atoms with Crippen LogP contribution < -0.4 is 0 Å². The van der Waals surface area contributed by atoms with Crippen LogP contribution in [0.15, 0.2) is 4.63 Å². The molecule has 0 unspecified atom stereocenters. The van der Waals surface area contributed by atoms with Crippen molar-refractivity contribution in [2.75, 3.05) is 7.11 Å². The molecule has 0 aliphatic carbocycles. The van der Waals surface area contributed by atoms with Crippen LogP contribution in [0.4, 0.5) is 0 Å². The van der Waals surface area contributed by atoms with Crippen molar-refractivity contribution in [3.8, 4) is 0 Å². The minimum atomic E-state index is -0.671. The average Bonchev–Trinajstić information content (AvgIpc) is 2.50. The van der Waals surface area contributed by atoms with Gasteiger partial charge in [0.1, 0.15) is 5.69 Å². The topological polar surface area (TPSA) is 85.5 Å². The summed E-state index contributed by atoms with van der Waals surface area (Å²) in [5.74, 6) is -0.671. The van der Waals surface area contributed by atoms with E-state index in [0.29, 0.717) is 0 Å². The van der Waals surface area contributed by atoms with Crippen molar-refractivity contribution in [2.45, 2.75) is 6.61 Å². The fourth-order valence-corrected chi connectivity index (χ4v) is 0.562. The Morgan fingerprint density at radius 2 is 2.45 bits per heavy atom. The summed E-state index contributed by atoms with van der Waals surface area (Å²) in [7, 11) is 1.21. The van der Waals surface area contributed by atoms with Gasteiger partial charge in [-0.25, -0.2) is 9.42 Å². The predicted octanol–water partition coefficient (Wildman–Crippen LogP) is -0.651. The maximum absolute atomic E-state index is 10.8. The molecule has 6 nitrogen and oxygen atoms in total. The largest absolute Gasteiger partial charge is 0.464 e. The van der Waals surface area contributed by atoms with E-state index in [0.717, 1.165) is 0 Å². The van der Waals surface area contributed by atoms with E-state index in [9.17, 15) is 4.79 Å². The molecule has 60 valence electrons. The third kappa shape index (κ3) is 1.35. The van der Waals surface area contributed by atoms with Crippen LogP contribution in [-0.4, -0.2) is 28.5 Å². The van der Waals surface area contributed by atoms with Crippen molar-refractivity contribution in [2.24, 2.45) is 0 Å². The highest BCUT2D eigenvalue weighted by Gasteiger charge is 2.17. The van der Waals surface area contributed by atoms with Crippen molar-refractivity contribution >= 4 is 5.97 Å². The molecule has 1 aromatic rings. The maximum Gasteiger partial charge on any atom is 0.362 e. The monoisotopic (exact) mass is 158 g/mol. The Hall–Kier alpha value is -1.43. The molecule has 0 saturated carbocycles.